The molecule has 7 nitrogen and oxygen atoms in total. The molecule has 0 saturated heterocycles. The molecule has 0 fully saturated rings. The number of ether oxygens (including phenoxy) is 2. The predicted molar refractivity (Wildman–Crippen MR) is 89.4 cm³/mol. The molecule has 0 spiro atoms. The third-order valence-corrected chi connectivity index (χ3v) is 3.12. The summed E-state index contributed by atoms with van der Waals surface area (Å²) in [6, 6.07) is 11.6. The summed E-state index contributed by atoms with van der Waals surface area (Å²) >= 11 is 0. The fourth-order valence-corrected chi connectivity index (χ4v) is 1.91. The first-order valence-electron chi connectivity index (χ1n) is 7.52. The van der Waals surface area contributed by atoms with E-state index in [4.69, 9.17) is 14.6 Å². The fraction of sp³-hybridized carbons (Fsp3) is 0.167. The zero-order chi connectivity index (χ0) is 18.2. The molecule has 0 aliphatic carbocycles. The van der Waals surface area contributed by atoms with Crippen LogP contribution in [0.2, 0.25) is 0 Å². The molecule has 2 rings (SSSR count). The van der Waals surface area contributed by atoms with E-state index in [2.05, 4.69) is 5.32 Å². The fourth-order valence-electron chi connectivity index (χ4n) is 1.91. The van der Waals surface area contributed by atoms with Crippen molar-refractivity contribution in [2.24, 2.45) is 0 Å². The molecule has 130 valence electrons. The third kappa shape index (κ3) is 5.35. The number of benzene rings is 2. The van der Waals surface area contributed by atoms with Gasteiger partial charge in [0.1, 0.15) is 5.75 Å². The normalized spacial score (nSPS) is 9.96. The Labute approximate surface area is 144 Å². The highest BCUT2D eigenvalue weighted by molar-refractivity contribution is 5.96. The van der Waals surface area contributed by atoms with Crippen LogP contribution in [0.15, 0.2) is 48.5 Å². The maximum Gasteiger partial charge on any atom is 0.338 e. The largest absolute Gasteiger partial charge is 0.508 e. The van der Waals surface area contributed by atoms with Crippen LogP contribution >= 0.6 is 0 Å². The number of rotatable bonds is 6. The van der Waals surface area contributed by atoms with Crippen LogP contribution in [0.4, 0.5) is 5.69 Å². The van der Waals surface area contributed by atoms with E-state index in [0.29, 0.717) is 11.3 Å². The first kappa shape index (κ1) is 18.0. The first-order chi connectivity index (χ1) is 12.0. The maximum absolute atomic E-state index is 11.8. The van der Waals surface area contributed by atoms with Gasteiger partial charge in [0.05, 0.1) is 17.7 Å². The van der Waals surface area contributed by atoms with E-state index in [1.807, 2.05) is 0 Å². The number of carbonyl (C=O) groups is 3. The molecule has 0 aliphatic rings. The second-order valence-corrected chi connectivity index (χ2v) is 4.97. The van der Waals surface area contributed by atoms with Crippen molar-refractivity contribution < 1.29 is 29.0 Å². The Morgan fingerprint density at radius 3 is 1.96 bits per heavy atom. The number of aromatic hydroxyl groups is 1. The van der Waals surface area contributed by atoms with Gasteiger partial charge in [-0.15, -0.1) is 0 Å². The number of hydrogen-bond donors (Lipinski definition) is 2. The van der Waals surface area contributed by atoms with Crippen molar-refractivity contribution in [2.45, 2.75) is 6.92 Å². The van der Waals surface area contributed by atoms with Crippen molar-refractivity contribution in [1.82, 2.24) is 0 Å². The second-order valence-electron chi connectivity index (χ2n) is 4.97. The first-order valence-corrected chi connectivity index (χ1v) is 7.52. The maximum atomic E-state index is 11.8. The number of esters is 2. The Hall–Kier alpha value is -3.35. The molecule has 2 N–H and O–H groups in total. The van der Waals surface area contributed by atoms with Gasteiger partial charge in [-0.25, -0.2) is 9.59 Å². The van der Waals surface area contributed by atoms with Gasteiger partial charge in [0, 0.05) is 5.69 Å². The minimum atomic E-state index is -0.673. The minimum Gasteiger partial charge on any atom is -0.508 e. The van der Waals surface area contributed by atoms with Gasteiger partial charge in [-0.2, -0.15) is 0 Å². The van der Waals surface area contributed by atoms with Crippen LogP contribution in [-0.4, -0.2) is 36.2 Å². The molecular weight excluding hydrogens is 326 g/mol. The Balaban J connectivity index is 1.84. The predicted octanol–water partition coefficient (Wildman–Crippen LogP) is 2.36. The van der Waals surface area contributed by atoms with Crippen molar-refractivity contribution >= 4 is 23.5 Å². The zero-order valence-corrected chi connectivity index (χ0v) is 13.5. The molecular formula is C18H17NO6. The molecule has 0 aliphatic heterocycles. The SMILES string of the molecule is CCOC(=O)c1ccc(NC(=O)COC(=O)c2ccc(O)cc2)cc1. The highest BCUT2D eigenvalue weighted by atomic mass is 16.5. The molecule has 0 aromatic heterocycles. The average Bonchev–Trinajstić information content (AvgIpc) is 2.61. The monoisotopic (exact) mass is 343 g/mol. The highest BCUT2D eigenvalue weighted by Gasteiger charge is 2.11. The summed E-state index contributed by atoms with van der Waals surface area (Å²) in [5.74, 6) is -1.60. The second kappa shape index (κ2) is 8.49. The molecule has 7 heteroatoms. The smallest absolute Gasteiger partial charge is 0.338 e. The standard InChI is InChI=1S/C18H17NO6/c1-2-24-17(22)12-3-7-14(8-4-12)19-16(21)11-25-18(23)13-5-9-15(20)10-6-13/h3-10,20H,2,11H2,1H3,(H,19,21). The van der Waals surface area contributed by atoms with Crippen molar-refractivity contribution in [3.8, 4) is 5.75 Å². The van der Waals surface area contributed by atoms with Gasteiger partial charge < -0.3 is 19.9 Å². The molecule has 2 aromatic carbocycles. The van der Waals surface area contributed by atoms with E-state index in [0.717, 1.165) is 0 Å². The van der Waals surface area contributed by atoms with Crippen LogP contribution in [0.25, 0.3) is 0 Å². The quantitative estimate of drug-likeness (QED) is 0.781. The Morgan fingerprint density at radius 2 is 1.40 bits per heavy atom. The third-order valence-electron chi connectivity index (χ3n) is 3.12. The molecule has 2 aromatic rings. The highest BCUT2D eigenvalue weighted by Crippen LogP contribution is 2.12. The number of carbonyl (C=O) groups excluding carboxylic acids is 3. The summed E-state index contributed by atoms with van der Waals surface area (Å²) in [4.78, 5) is 35.1. The van der Waals surface area contributed by atoms with E-state index >= 15 is 0 Å². The Morgan fingerprint density at radius 1 is 0.880 bits per heavy atom. The molecule has 0 bridgehead atoms. The van der Waals surface area contributed by atoms with Crippen LogP contribution in [0.3, 0.4) is 0 Å². The minimum absolute atomic E-state index is 0.0283. The summed E-state index contributed by atoms with van der Waals surface area (Å²) in [6.07, 6.45) is 0. The lowest BCUT2D eigenvalue weighted by Crippen LogP contribution is -2.21. The summed E-state index contributed by atoms with van der Waals surface area (Å²) < 4.78 is 9.75. The molecule has 1 amide bonds. The molecule has 0 unspecified atom stereocenters. The van der Waals surface area contributed by atoms with E-state index in [1.54, 1.807) is 19.1 Å². The van der Waals surface area contributed by atoms with Gasteiger partial charge in [0.2, 0.25) is 0 Å². The number of hydrogen-bond acceptors (Lipinski definition) is 6. The summed E-state index contributed by atoms with van der Waals surface area (Å²) in [6.45, 7) is 1.54. The van der Waals surface area contributed by atoms with Crippen molar-refractivity contribution in [3.05, 3.63) is 59.7 Å². The van der Waals surface area contributed by atoms with Gasteiger partial charge in [-0.3, -0.25) is 4.79 Å². The van der Waals surface area contributed by atoms with Crippen LogP contribution in [0, 0.1) is 0 Å². The summed E-state index contributed by atoms with van der Waals surface area (Å²) in [5, 5.41) is 11.7. The van der Waals surface area contributed by atoms with Crippen molar-refractivity contribution in [3.63, 3.8) is 0 Å². The summed E-state index contributed by atoms with van der Waals surface area (Å²) in [5.41, 5.74) is 1.06. The Kier molecular flexibility index (Phi) is 6.11. The average molecular weight is 343 g/mol. The van der Waals surface area contributed by atoms with E-state index in [-0.39, 0.29) is 17.9 Å². The molecule has 25 heavy (non-hydrogen) atoms. The number of phenols is 1. The Bertz CT molecular complexity index is 752. The van der Waals surface area contributed by atoms with E-state index in [9.17, 15) is 14.4 Å². The van der Waals surface area contributed by atoms with Crippen molar-refractivity contribution in [1.29, 1.82) is 0 Å². The van der Waals surface area contributed by atoms with Gasteiger partial charge in [-0.1, -0.05) is 0 Å². The molecule has 0 saturated carbocycles. The number of amides is 1. The lowest BCUT2D eigenvalue weighted by atomic mass is 10.2. The number of phenolic OH excluding ortho intramolecular Hbond substituents is 1. The molecule has 0 heterocycles. The lowest BCUT2D eigenvalue weighted by Gasteiger charge is -2.07. The van der Waals surface area contributed by atoms with Gasteiger partial charge in [0.25, 0.3) is 5.91 Å². The number of anilines is 1. The van der Waals surface area contributed by atoms with Crippen molar-refractivity contribution in [2.75, 3.05) is 18.5 Å². The van der Waals surface area contributed by atoms with Crippen LogP contribution in [-0.2, 0) is 14.3 Å². The number of nitrogens with one attached hydrogen (secondary N) is 1. The van der Waals surface area contributed by atoms with Gasteiger partial charge >= 0.3 is 11.9 Å². The van der Waals surface area contributed by atoms with Crippen LogP contribution in [0.5, 0.6) is 5.75 Å². The van der Waals surface area contributed by atoms with Crippen LogP contribution in [0.1, 0.15) is 27.6 Å². The lowest BCUT2D eigenvalue weighted by molar-refractivity contribution is -0.119. The van der Waals surface area contributed by atoms with E-state index < -0.39 is 24.5 Å². The van der Waals surface area contributed by atoms with E-state index in [1.165, 1.54) is 36.4 Å². The molecule has 0 radical (unpaired) electrons. The molecule has 0 atom stereocenters. The summed E-state index contributed by atoms with van der Waals surface area (Å²) in [7, 11) is 0. The van der Waals surface area contributed by atoms with Crippen LogP contribution < -0.4 is 5.32 Å². The van der Waals surface area contributed by atoms with Gasteiger partial charge in [-0.05, 0) is 55.5 Å². The topological polar surface area (TPSA) is 102 Å². The van der Waals surface area contributed by atoms with Gasteiger partial charge in [0.15, 0.2) is 6.61 Å². The zero-order valence-electron chi connectivity index (χ0n) is 13.5.